The van der Waals surface area contributed by atoms with E-state index in [-0.39, 0.29) is 5.69 Å². The number of ether oxygens (including phenoxy) is 1. The third-order valence-corrected chi connectivity index (χ3v) is 5.45. The van der Waals surface area contributed by atoms with Crippen molar-refractivity contribution in [1.82, 2.24) is 4.68 Å². The number of fused-ring (bicyclic) bond motifs is 1. The van der Waals surface area contributed by atoms with Gasteiger partial charge in [0.05, 0.1) is 23.3 Å². The van der Waals surface area contributed by atoms with Crippen LogP contribution < -0.4 is 20.8 Å². The molecule has 0 aliphatic heterocycles. The van der Waals surface area contributed by atoms with E-state index in [1.54, 1.807) is 72.8 Å². The lowest BCUT2D eigenvalue weighted by molar-refractivity contribution is -0.133. The van der Waals surface area contributed by atoms with Crippen LogP contribution in [0.4, 0.5) is 11.4 Å². The number of halogens is 2. The number of hydrogen-bond acceptors (Lipinski definition) is 4. The Labute approximate surface area is 204 Å². The minimum absolute atomic E-state index is 0.0720. The predicted molar refractivity (Wildman–Crippen MR) is 132 cm³/mol. The van der Waals surface area contributed by atoms with Gasteiger partial charge >= 0.3 is 11.8 Å². The van der Waals surface area contributed by atoms with Crippen LogP contribution >= 0.6 is 23.2 Å². The highest BCUT2D eigenvalue weighted by Crippen LogP contribution is 2.25. The summed E-state index contributed by atoms with van der Waals surface area (Å²) in [5.74, 6) is -1.83. The van der Waals surface area contributed by atoms with Gasteiger partial charge in [-0.25, -0.2) is 4.68 Å². The van der Waals surface area contributed by atoms with Gasteiger partial charge in [0.25, 0.3) is 5.91 Å². The average molecular weight is 497 g/mol. The van der Waals surface area contributed by atoms with Gasteiger partial charge in [-0.3, -0.25) is 19.8 Å². The number of benzene rings is 3. The summed E-state index contributed by atoms with van der Waals surface area (Å²) in [6, 6.07) is 19.7. The van der Waals surface area contributed by atoms with Crippen LogP contribution in [0.2, 0.25) is 10.0 Å². The van der Waals surface area contributed by atoms with Crippen LogP contribution in [-0.4, -0.2) is 29.5 Å². The summed E-state index contributed by atoms with van der Waals surface area (Å²) in [7, 11) is 1.52. The molecule has 3 N–H and O–H groups in total. The molecule has 0 aliphatic carbocycles. The molecular weight excluding hydrogens is 479 g/mol. The van der Waals surface area contributed by atoms with Gasteiger partial charge in [0.15, 0.2) is 0 Å². The number of para-hydroxylation sites is 1. The fourth-order valence-electron chi connectivity index (χ4n) is 3.24. The molecule has 0 bridgehead atoms. The van der Waals surface area contributed by atoms with Crippen LogP contribution in [0, 0.1) is 0 Å². The molecule has 0 atom stereocenters. The molecule has 1 aromatic heterocycles. The Morgan fingerprint density at radius 1 is 0.853 bits per heavy atom. The zero-order valence-corrected chi connectivity index (χ0v) is 19.3. The highest BCUT2D eigenvalue weighted by Gasteiger charge is 2.21. The Morgan fingerprint density at radius 2 is 1.59 bits per heavy atom. The van der Waals surface area contributed by atoms with Crippen LogP contribution in [0.1, 0.15) is 10.5 Å². The topological polar surface area (TPSA) is 101 Å². The molecule has 1 heterocycles. The second kappa shape index (κ2) is 9.86. The van der Waals surface area contributed by atoms with Crippen molar-refractivity contribution in [2.24, 2.45) is 0 Å². The maximum Gasteiger partial charge on any atom is 0.328 e. The summed E-state index contributed by atoms with van der Waals surface area (Å²) < 4.78 is 6.31. The van der Waals surface area contributed by atoms with E-state index >= 15 is 0 Å². The third-order valence-electron chi connectivity index (χ3n) is 4.89. The molecule has 0 spiro atoms. The Bertz CT molecular complexity index is 1400. The van der Waals surface area contributed by atoms with Crippen LogP contribution in [0.5, 0.6) is 5.75 Å². The maximum atomic E-state index is 13.1. The fraction of sp³-hybridized carbons (Fsp3) is 0.0417. The first kappa shape index (κ1) is 23.2. The van der Waals surface area contributed by atoms with Crippen molar-refractivity contribution >= 4 is 63.2 Å². The molecule has 34 heavy (non-hydrogen) atoms. The molecule has 0 radical (unpaired) electrons. The van der Waals surface area contributed by atoms with E-state index in [1.165, 1.54) is 11.8 Å². The minimum atomic E-state index is -0.977. The van der Waals surface area contributed by atoms with E-state index in [0.717, 1.165) is 0 Å². The van der Waals surface area contributed by atoms with Crippen molar-refractivity contribution < 1.29 is 19.1 Å². The SMILES string of the molecule is COc1ccc(NC(=O)C(=O)Nn2c(C(=O)Nc3ccccc3Cl)cc3cc(Cl)ccc32)cc1. The van der Waals surface area contributed by atoms with E-state index in [9.17, 15) is 14.4 Å². The number of carbonyl (C=O) groups is 3. The number of amides is 3. The van der Waals surface area contributed by atoms with Gasteiger partial charge in [-0.2, -0.15) is 0 Å². The zero-order chi connectivity index (χ0) is 24.2. The number of aromatic nitrogens is 1. The summed E-state index contributed by atoms with van der Waals surface area (Å²) in [4.78, 5) is 38.2. The number of carbonyl (C=O) groups excluding carboxylic acids is 3. The maximum absolute atomic E-state index is 13.1. The molecule has 0 fully saturated rings. The van der Waals surface area contributed by atoms with Gasteiger partial charge in [-0.1, -0.05) is 35.3 Å². The number of nitrogens with one attached hydrogen (secondary N) is 3. The zero-order valence-electron chi connectivity index (χ0n) is 17.8. The summed E-state index contributed by atoms with van der Waals surface area (Å²) in [5.41, 5.74) is 3.82. The van der Waals surface area contributed by atoms with Crippen LogP contribution in [0.25, 0.3) is 10.9 Å². The Kier molecular flexibility index (Phi) is 6.72. The summed E-state index contributed by atoms with van der Waals surface area (Å²) in [6.07, 6.45) is 0. The molecule has 172 valence electrons. The van der Waals surface area contributed by atoms with Gasteiger partial charge in [-0.15, -0.1) is 0 Å². The predicted octanol–water partition coefficient (Wildman–Crippen LogP) is 4.92. The van der Waals surface area contributed by atoms with Crippen LogP contribution in [0.15, 0.2) is 72.8 Å². The number of methoxy groups -OCH3 is 1. The van der Waals surface area contributed by atoms with Gasteiger partial charge in [-0.05, 0) is 60.7 Å². The summed E-state index contributed by atoms with van der Waals surface area (Å²) in [6.45, 7) is 0. The smallest absolute Gasteiger partial charge is 0.328 e. The molecular formula is C24H18Cl2N4O4. The lowest BCUT2D eigenvalue weighted by Crippen LogP contribution is -2.36. The molecule has 4 aromatic rings. The first-order valence-corrected chi connectivity index (χ1v) is 10.7. The largest absolute Gasteiger partial charge is 0.497 e. The molecule has 0 saturated carbocycles. The molecule has 4 rings (SSSR count). The van der Waals surface area contributed by atoms with E-state index in [2.05, 4.69) is 16.1 Å². The highest BCUT2D eigenvalue weighted by atomic mass is 35.5. The van der Waals surface area contributed by atoms with E-state index in [1.807, 2.05) is 0 Å². The summed E-state index contributed by atoms with van der Waals surface area (Å²) >= 11 is 12.2. The second-order valence-corrected chi connectivity index (χ2v) is 7.97. The van der Waals surface area contributed by atoms with Gasteiger partial charge in [0.2, 0.25) is 0 Å². The molecule has 0 unspecified atom stereocenters. The third kappa shape index (κ3) is 4.98. The molecule has 8 nitrogen and oxygen atoms in total. The first-order chi connectivity index (χ1) is 16.4. The number of rotatable bonds is 5. The van der Waals surface area contributed by atoms with Crippen molar-refractivity contribution in [2.45, 2.75) is 0 Å². The van der Waals surface area contributed by atoms with Crippen molar-refractivity contribution in [3.05, 3.63) is 88.5 Å². The standard InChI is InChI=1S/C24H18Cl2N4O4/c1-34-17-9-7-16(8-10-17)27-23(32)24(33)29-30-20-11-6-15(25)12-14(20)13-21(30)22(31)28-19-5-3-2-4-18(19)26/h2-13H,1H3,(H,27,32)(H,28,31)(H,29,33). The van der Waals surface area contributed by atoms with Crippen molar-refractivity contribution in [3.63, 3.8) is 0 Å². The fourth-order valence-corrected chi connectivity index (χ4v) is 3.60. The van der Waals surface area contributed by atoms with E-state index < -0.39 is 17.7 Å². The van der Waals surface area contributed by atoms with Gasteiger partial charge in [0.1, 0.15) is 11.4 Å². The normalized spacial score (nSPS) is 10.6. The second-order valence-electron chi connectivity index (χ2n) is 7.13. The van der Waals surface area contributed by atoms with Crippen molar-refractivity contribution in [3.8, 4) is 5.75 Å². The molecule has 3 amide bonds. The van der Waals surface area contributed by atoms with Crippen LogP contribution in [0.3, 0.4) is 0 Å². The molecule has 0 aliphatic rings. The van der Waals surface area contributed by atoms with Crippen molar-refractivity contribution in [2.75, 3.05) is 23.2 Å². The van der Waals surface area contributed by atoms with E-state index in [4.69, 9.17) is 27.9 Å². The highest BCUT2D eigenvalue weighted by molar-refractivity contribution is 6.42. The number of anilines is 2. The summed E-state index contributed by atoms with van der Waals surface area (Å²) in [5, 5.41) is 6.60. The van der Waals surface area contributed by atoms with Crippen LogP contribution in [-0.2, 0) is 9.59 Å². The molecule has 3 aromatic carbocycles. The Hall–Kier alpha value is -4.01. The first-order valence-electron chi connectivity index (χ1n) is 9.99. The lowest BCUT2D eigenvalue weighted by Gasteiger charge is -2.13. The molecule has 10 heteroatoms. The number of hydrogen-bond donors (Lipinski definition) is 3. The van der Waals surface area contributed by atoms with Gasteiger partial charge in [0, 0.05) is 16.1 Å². The van der Waals surface area contributed by atoms with Gasteiger partial charge < -0.3 is 15.4 Å². The average Bonchev–Trinajstić information content (AvgIpc) is 3.18. The van der Waals surface area contributed by atoms with E-state index in [0.29, 0.717) is 38.1 Å². The van der Waals surface area contributed by atoms with Crippen molar-refractivity contribution in [1.29, 1.82) is 0 Å². The minimum Gasteiger partial charge on any atom is -0.497 e. The Balaban J connectivity index is 1.61. The molecule has 0 saturated heterocycles. The lowest BCUT2D eigenvalue weighted by atomic mass is 10.2. The monoisotopic (exact) mass is 496 g/mol. The number of nitrogens with zero attached hydrogens (tertiary/aromatic N) is 1. The quantitative estimate of drug-likeness (QED) is 0.341. The Morgan fingerprint density at radius 3 is 2.29 bits per heavy atom.